The van der Waals surface area contributed by atoms with Gasteiger partial charge in [-0.25, -0.2) is 4.79 Å². The number of rotatable bonds is 5. The fraction of sp³-hybridized carbons (Fsp3) is 0.480. The predicted molar refractivity (Wildman–Crippen MR) is 129 cm³/mol. The largest absolute Gasteiger partial charge is 0.494 e. The summed E-state index contributed by atoms with van der Waals surface area (Å²) < 4.78 is 12.1. The van der Waals surface area contributed by atoms with Gasteiger partial charge in [-0.15, -0.1) is 0 Å². The Labute approximate surface area is 189 Å². The Morgan fingerprint density at radius 2 is 1.88 bits per heavy atom. The van der Waals surface area contributed by atoms with Crippen molar-refractivity contribution in [2.75, 3.05) is 6.61 Å². The number of pyridine rings is 2. The van der Waals surface area contributed by atoms with E-state index in [9.17, 15) is 9.59 Å². The third-order valence-electron chi connectivity index (χ3n) is 4.88. The summed E-state index contributed by atoms with van der Waals surface area (Å²) in [5.41, 5.74) is 5.91. The molecule has 0 bridgehead atoms. The van der Waals surface area contributed by atoms with Gasteiger partial charge in [0, 0.05) is 24.7 Å². The van der Waals surface area contributed by atoms with Crippen molar-refractivity contribution in [3.8, 4) is 5.75 Å². The number of aromatic nitrogens is 2. The van der Waals surface area contributed by atoms with Crippen LogP contribution in [0.15, 0.2) is 35.3 Å². The molecule has 3 aromatic rings. The van der Waals surface area contributed by atoms with Crippen LogP contribution in [0, 0.1) is 12.8 Å². The number of ether oxygens (including phenoxy) is 2. The van der Waals surface area contributed by atoms with Crippen molar-refractivity contribution in [3.63, 3.8) is 0 Å². The van der Waals surface area contributed by atoms with Crippen molar-refractivity contribution in [1.29, 1.82) is 0 Å². The summed E-state index contributed by atoms with van der Waals surface area (Å²) in [4.78, 5) is 27.0. The number of hydrogen-bond donors (Lipinski definition) is 1. The molecule has 32 heavy (non-hydrogen) atoms. The summed E-state index contributed by atoms with van der Waals surface area (Å²) >= 11 is 0. The molecule has 2 aromatic heterocycles. The molecule has 0 unspecified atom stereocenters. The van der Waals surface area contributed by atoms with Gasteiger partial charge < -0.3 is 19.8 Å². The van der Waals surface area contributed by atoms with E-state index in [2.05, 4.69) is 23.6 Å². The van der Waals surface area contributed by atoms with Crippen molar-refractivity contribution in [1.82, 2.24) is 9.55 Å². The predicted octanol–water partition coefficient (Wildman–Crippen LogP) is 5.09. The number of nitrogens with zero attached hydrogens (tertiary/aromatic N) is 2. The van der Waals surface area contributed by atoms with Gasteiger partial charge >= 0.3 is 6.09 Å². The Morgan fingerprint density at radius 1 is 1.19 bits per heavy atom. The van der Waals surface area contributed by atoms with Crippen LogP contribution in [0.3, 0.4) is 0 Å². The molecule has 2 N–H and O–H groups in total. The highest BCUT2D eigenvalue weighted by atomic mass is 16.6. The van der Waals surface area contributed by atoms with E-state index < -0.39 is 11.7 Å². The van der Waals surface area contributed by atoms with E-state index in [4.69, 9.17) is 10.5 Å². The minimum atomic E-state index is -0.725. The molecule has 2 heterocycles. The molecular weight excluding hydrogens is 406 g/mol. The van der Waals surface area contributed by atoms with Gasteiger partial charge in [0.2, 0.25) is 0 Å². The molecule has 7 nitrogen and oxygen atoms in total. The van der Waals surface area contributed by atoms with Crippen molar-refractivity contribution < 1.29 is 14.3 Å². The van der Waals surface area contributed by atoms with Crippen LogP contribution < -0.4 is 16.0 Å². The normalized spacial score (nSPS) is 11.4. The number of aryl methyl sites for hydroxylation is 2. The molecule has 0 aliphatic carbocycles. The quantitative estimate of drug-likeness (QED) is 0.439. The number of fused-ring (bicyclic) bond motifs is 3. The summed E-state index contributed by atoms with van der Waals surface area (Å²) in [6, 6.07) is 7.89. The van der Waals surface area contributed by atoms with E-state index >= 15 is 0 Å². The summed E-state index contributed by atoms with van der Waals surface area (Å²) in [5.74, 6) is 1.50. The molecule has 0 saturated carbocycles. The van der Waals surface area contributed by atoms with Gasteiger partial charge in [-0.1, -0.05) is 13.8 Å². The van der Waals surface area contributed by atoms with Crippen LogP contribution in [0.5, 0.6) is 5.75 Å². The van der Waals surface area contributed by atoms with E-state index in [1.807, 2.05) is 31.2 Å². The van der Waals surface area contributed by atoms with Crippen LogP contribution in [0.4, 0.5) is 4.79 Å². The zero-order valence-electron chi connectivity index (χ0n) is 20.2. The molecule has 1 aromatic carbocycles. The third kappa shape index (κ3) is 6.70. The molecule has 0 fully saturated rings. The molecule has 0 spiro atoms. The fourth-order valence-electron chi connectivity index (χ4n) is 3.43. The second-order valence-corrected chi connectivity index (χ2v) is 9.28. The summed E-state index contributed by atoms with van der Waals surface area (Å²) in [5, 5.41) is 2.69. The van der Waals surface area contributed by atoms with Gasteiger partial charge in [0.1, 0.15) is 11.4 Å². The van der Waals surface area contributed by atoms with Gasteiger partial charge in [0.25, 0.3) is 5.56 Å². The second-order valence-electron chi connectivity index (χ2n) is 9.28. The number of carbonyl (C=O) groups is 1. The maximum atomic E-state index is 12.7. The number of nitrogens with two attached hydrogens (primary N) is 1. The highest BCUT2D eigenvalue weighted by molar-refractivity contribution is 6.06. The Morgan fingerprint density at radius 3 is 2.44 bits per heavy atom. The minimum Gasteiger partial charge on any atom is -0.494 e. The van der Waals surface area contributed by atoms with E-state index in [1.165, 1.54) is 0 Å². The lowest BCUT2D eigenvalue weighted by molar-refractivity contribution is 0.0600. The molecule has 174 valence electrons. The van der Waals surface area contributed by atoms with E-state index in [1.54, 1.807) is 38.6 Å². The first-order valence-electron chi connectivity index (χ1n) is 10.9. The number of amides is 1. The zero-order valence-corrected chi connectivity index (χ0v) is 20.2. The Bertz CT molecular complexity index is 1140. The number of benzene rings is 1. The van der Waals surface area contributed by atoms with Crippen molar-refractivity contribution in [2.24, 2.45) is 18.7 Å². The van der Waals surface area contributed by atoms with Crippen LogP contribution in [-0.2, 0) is 11.8 Å². The SMILES string of the molecule is CC(C)(C)OC(N)=O.Cc1nccc2c1c(=O)n(C)c1cc(OCCCC(C)C)ccc21. The maximum absolute atomic E-state index is 12.7. The standard InChI is InChI=1S/C20H24N2O2.C5H11NO2/c1-13(2)6-5-11-24-15-7-8-16-17-9-10-21-14(3)19(17)20(23)22(4)18(16)12-15;1-5(2,3)8-4(6)7/h7-10,12-13H,5-6,11H2,1-4H3;1-3H3,(H2,6,7). The van der Waals surface area contributed by atoms with Gasteiger partial charge in [-0.05, 0) is 70.0 Å². The summed E-state index contributed by atoms with van der Waals surface area (Å²) in [6.45, 7) is 12.3. The lowest BCUT2D eigenvalue weighted by Gasteiger charge is -2.16. The van der Waals surface area contributed by atoms with Gasteiger partial charge in [0.05, 0.1) is 23.2 Å². The maximum Gasteiger partial charge on any atom is 0.405 e. The summed E-state index contributed by atoms with van der Waals surface area (Å²) in [6.07, 6.45) is 3.23. The van der Waals surface area contributed by atoms with Gasteiger partial charge in [-0.3, -0.25) is 9.78 Å². The lowest BCUT2D eigenvalue weighted by Crippen LogP contribution is -2.27. The molecule has 0 saturated heterocycles. The number of carbonyl (C=O) groups excluding carboxylic acids is 1. The molecule has 3 rings (SSSR count). The van der Waals surface area contributed by atoms with Gasteiger partial charge in [-0.2, -0.15) is 0 Å². The Kier molecular flexibility index (Phi) is 8.25. The molecule has 0 aliphatic heterocycles. The van der Waals surface area contributed by atoms with Crippen LogP contribution in [0.25, 0.3) is 21.7 Å². The van der Waals surface area contributed by atoms with Crippen LogP contribution >= 0.6 is 0 Å². The zero-order chi connectivity index (χ0) is 24.1. The Balaban J connectivity index is 0.000000390. The first kappa shape index (κ1) is 25.2. The topological polar surface area (TPSA) is 96.4 Å². The minimum absolute atomic E-state index is 0.0138. The second kappa shape index (κ2) is 10.5. The Hall–Kier alpha value is -3.09. The van der Waals surface area contributed by atoms with E-state index in [0.717, 1.165) is 40.6 Å². The highest BCUT2D eigenvalue weighted by Gasteiger charge is 2.13. The monoisotopic (exact) mass is 441 g/mol. The summed E-state index contributed by atoms with van der Waals surface area (Å²) in [7, 11) is 1.80. The first-order chi connectivity index (χ1) is 14.9. The molecule has 7 heteroatoms. The van der Waals surface area contributed by atoms with Crippen LogP contribution in [0.2, 0.25) is 0 Å². The van der Waals surface area contributed by atoms with Crippen LogP contribution in [-0.4, -0.2) is 27.9 Å². The van der Waals surface area contributed by atoms with E-state index in [0.29, 0.717) is 17.9 Å². The molecule has 0 atom stereocenters. The smallest absolute Gasteiger partial charge is 0.405 e. The number of primary amides is 1. The highest BCUT2D eigenvalue weighted by Crippen LogP contribution is 2.27. The fourth-order valence-corrected chi connectivity index (χ4v) is 3.43. The van der Waals surface area contributed by atoms with E-state index in [-0.39, 0.29) is 5.56 Å². The molecule has 1 amide bonds. The molecule has 0 radical (unpaired) electrons. The van der Waals surface area contributed by atoms with Crippen molar-refractivity contribution in [2.45, 2.75) is 60.0 Å². The molecular formula is C25H35N3O4. The van der Waals surface area contributed by atoms with Gasteiger partial charge in [0.15, 0.2) is 0 Å². The number of hydrogen-bond acceptors (Lipinski definition) is 5. The lowest BCUT2D eigenvalue weighted by atomic mass is 10.1. The average molecular weight is 442 g/mol. The third-order valence-corrected chi connectivity index (χ3v) is 4.88. The average Bonchev–Trinajstić information content (AvgIpc) is 2.67. The van der Waals surface area contributed by atoms with Crippen molar-refractivity contribution >= 4 is 27.8 Å². The van der Waals surface area contributed by atoms with Crippen LogP contribution in [0.1, 0.15) is 53.2 Å². The molecule has 0 aliphatic rings. The first-order valence-corrected chi connectivity index (χ1v) is 10.9. The van der Waals surface area contributed by atoms with Crippen molar-refractivity contribution in [3.05, 3.63) is 46.5 Å².